The number of rotatable bonds is 1. The van der Waals surface area contributed by atoms with Gasteiger partial charge in [-0.15, -0.1) is 0 Å². The molecule has 1 unspecified atom stereocenters. The van der Waals surface area contributed by atoms with E-state index in [0.717, 1.165) is 0 Å². The molecular formula is C7H9NO3. The molecule has 0 amide bonds. The lowest BCUT2D eigenvalue weighted by Crippen LogP contribution is -2.07. The summed E-state index contributed by atoms with van der Waals surface area (Å²) >= 11 is 0. The summed E-state index contributed by atoms with van der Waals surface area (Å²) in [5.41, 5.74) is 5.46. The molecule has 0 aromatic heterocycles. The van der Waals surface area contributed by atoms with Gasteiger partial charge in [-0.05, 0) is 17.7 Å². The number of aromatic hydroxyl groups is 2. The highest BCUT2D eigenvalue weighted by atomic mass is 16.3. The fourth-order valence-corrected chi connectivity index (χ4v) is 0.724. The van der Waals surface area contributed by atoms with E-state index in [1.54, 1.807) is 0 Å². The second-order valence-electron chi connectivity index (χ2n) is 2.19. The molecule has 0 heterocycles. The van der Waals surface area contributed by atoms with Gasteiger partial charge < -0.3 is 21.1 Å². The van der Waals surface area contributed by atoms with E-state index >= 15 is 0 Å². The first-order valence-electron chi connectivity index (χ1n) is 3.07. The topological polar surface area (TPSA) is 86.7 Å². The fourth-order valence-electron chi connectivity index (χ4n) is 0.724. The van der Waals surface area contributed by atoms with E-state index in [1.807, 2.05) is 0 Å². The smallest absolute Gasteiger partial charge is 0.157 e. The van der Waals surface area contributed by atoms with Crippen molar-refractivity contribution >= 4 is 0 Å². The zero-order valence-corrected chi connectivity index (χ0v) is 5.73. The van der Waals surface area contributed by atoms with Crippen molar-refractivity contribution in [3.63, 3.8) is 0 Å². The first kappa shape index (κ1) is 7.84. The summed E-state index contributed by atoms with van der Waals surface area (Å²) in [5, 5.41) is 26.6. The first-order valence-corrected chi connectivity index (χ1v) is 3.07. The van der Waals surface area contributed by atoms with Crippen LogP contribution in [-0.4, -0.2) is 15.3 Å². The maximum absolute atomic E-state index is 8.93. The Morgan fingerprint density at radius 1 is 1.18 bits per heavy atom. The normalized spacial score (nSPS) is 12.9. The molecule has 1 rings (SSSR count). The number of aliphatic hydroxyl groups is 1. The Morgan fingerprint density at radius 3 is 2.27 bits per heavy atom. The molecule has 0 aliphatic heterocycles. The zero-order valence-electron chi connectivity index (χ0n) is 5.73. The minimum Gasteiger partial charge on any atom is -0.504 e. The van der Waals surface area contributed by atoms with Crippen LogP contribution in [-0.2, 0) is 0 Å². The van der Waals surface area contributed by atoms with Gasteiger partial charge in [0, 0.05) is 0 Å². The molecule has 0 aliphatic carbocycles. The van der Waals surface area contributed by atoms with E-state index in [4.69, 9.17) is 21.1 Å². The Hall–Kier alpha value is -1.26. The largest absolute Gasteiger partial charge is 0.504 e. The third-order valence-corrected chi connectivity index (χ3v) is 1.34. The zero-order chi connectivity index (χ0) is 8.43. The number of phenolic OH excluding ortho intramolecular Hbond substituents is 2. The molecule has 5 N–H and O–H groups in total. The van der Waals surface area contributed by atoms with Gasteiger partial charge in [-0.1, -0.05) is 6.07 Å². The predicted molar refractivity (Wildman–Crippen MR) is 38.9 cm³/mol. The maximum Gasteiger partial charge on any atom is 0.157 e. The second-order valence-corrected chi connectivity index (χ2v) is 2.19. The molecule has 4 heteroatoms. The van der Waals surface area contributed by atoms with Crippen molar-refractivity contribution in [1.82, 2.24) is 0 Å². The molecule has 0 saturated heterocycles. The highest BCUT2D eigenvalue weighted by Crippen LogP contribution is 2.26. The summed E-state index contributed by atoms with van der Waals surface area (Å²) in [5.74, 6) is -0.513. The summed E-state index contributed by atoms with van der Waals surface area (Å²) in [6.07, 6.45) is -1.12. The molecule has 1 atom stereocenters. The van der Waals surface area contributed by atoms with Crippen molar-refractivity contribution in [2.75, 3.05) is 0 Å². The van der Waals surface area contributed by atoms with Crippen LogP contribution >= 0.6 is 0 Å². The van der Waals surface area contributed by atoms with Gasteiger partial charge in [-0.2, -0.15) is 0 Å². The highest BCUT2D eigenvalue weighted by molar-refractivity contribution is 5.40. The Morgan fingerprint density at radius 2 is 1.82 bits per heavy atom. The quantitative estimate of drug-likeness (QED) is 0.341. The Labute approximate surface area is 63.5 Å². The molecule has 1 aromatic carbocycles. The maximum atomic E-state index is 8.93. The average Bonchev–Trinajstić information content (AvgIpc) is 1.94. The van der Waals surface area contributed by atoms with Crippen LogP contribution in [0.15, 0.2) is 18.2 Å². The Balaban J connectivity index is 3.05. The van der Waals surface area contributed by atoms with Crippen LogP contribution in [0.4, 0.5) is 0 Å². The summed E-state index contributed by atoms with van der Waals surface area (Å²) < 4.78 is 0. The number of hydrogen-bond acceptors (Lipinski definition) is 4. The molecule has 0 fully saturated rings. The third kappa shape index (κ3) is 1.60. The van der Waals surface area contributed by atoms with E-state index in [1.165, 1.54) is 18.2 Å². The first-order chi connectivity index (χ1) is 5.11. The Bertz CT molecular complexity index is 260. The van der Waals surface area contributed by atoms with Crippen molar-refractivity contribution in [2.45, 2.75) is 6.23 Å². The monoisotopic (exact) mass is 155 g/mol. The molecule has 11 heavy (non-hydrogen) atoms. The molecular weight excluding hydrogens is 146 g/mol. The summed E-state index contributed by atoms with van der Waals surface area (Å²) in [6, 6.07) is 3.90. The van der Waals surface area contributed by atoms with Gasteiger partial charge in [-0.3, -0.25) is 0 Å². The summed E-state index contributed by atoms with van der Waals surface area (Å²) in [7, 11) is 0. The van der Waals surface area contributed by atoms with Gasteiger partial charge in [0.2, 0.25) is 0 Å². The highest BCUT2D eigenvalue weighted by Gasteiger charge is 2.04. The van der Waals surface area contributed by atoms with Crippen molar-refractivity contribution in [3.8, 4) is 11.5 Å². The number of nitrogens with two attached hydrogens (primary N) is 1. The molecule has 1 aromatic rings. The van der Waals surface area contributed by atoms with E-state index in [9.17, 15) is 0 Å². The van der Waals surface area contributed by atoms with Crippen LogP contribution in [0.3, 0.4) is 0 Å². The fraction of sp³-hybridized carbons (Fsp3) is 0.143. The standard InChI is InChI=1S/C7H9NO3/c8-7(11)4-1-2-5(9)6(10)3-4/h1-3,7,9-11H,8H2. The number of phenols is 2. The van der Waals surface area contributed by atoms with Gasteiger partial charge in [0.05, 0.1) is 0 Å². The van der Waals surface area contributed by atoms with Crippen molar-refractivity contribution in [3.05, 3.63) is 23.8 Å². The van der Waals surface area contributed by atoms with Crippen LogP contribution in [0.1, 0.15) is 11.8 Å². The molecule has 0 radical (unpaired) electrons. The lowest BCUT2D eigenvalue weighted by molar-refractivity contribution is 0.185. The average molecular weight is 155 g/mol. The van der Waals surface area contributed by atoms with Gasteiger partial charge in [0.25, 0.3) is 0 Å². The van der Waals surface area contributed by atoms with Crippen molar-refractivity contribution < 1.29 is 15.3 Å². The SMILES string of the molecule is NC(O)c1ccc(O)c(O)c1. The molecule has 0 aliphatic rings. The Kier molecular flexibility index (Phi) is 1.98. The van der Waals surface area contributed by atoms with Crippen LogP contribution in [0, 0.1) is 0 Å². The van der Waals surface area contributed by atoms with E-state index in [2.05, 4.69) is 0 Å². The summed E-state index contributed by atoms with van der Waals surface area (Å²) in [6.45, 7) is 0. The summed E-state index contributed by atoms with van der Waals surface area (Å²) in [4.78, 5) is 0. The van der Waals surface area contributed by atoms with Crippen LogP contribution < -0.4 is 5.73 Å². The van der Waals surface area contributed by atoms with Gasteiger partial charge in [-0.25, -0.2) is 0 Å². The molecule has 4 nitrogen and oxygen atoms in total. The van der Waals surface area contributed by atoms with Gasteiger partial charge in [0.1, 0.15) is 6.23 Å². The number of hydrogen-bond donors (Lipinski definition) is 4. The second kappa shape index (κ2) is 2.77. The molecule has 0 bridgehead atoms. The van der Waals surface area contributed by atoms with Gasteiger partial charge >= 0.3 is 0 Å². The minimum atomic E-state index is -1.12. The van der Waals surface area contributed by atoms with E-state index in [-0.39, 0.29) is 11.5 Å². The lowest BCUT2D eigenvalue weighted by atomic mass is 10.2. The van der Waals surface area contributed by atoms with Crippen LogP contribution in [0.5, 0.6) is 11.5 Å². The molecule has 0 saturated carbocycles. The number of benzene rings is 1. The lowest BCUT2D eigenvalue weighted by Gasteiger charge is -2.04. The molecule has 60 valence electrons. The van der Waals surface area contributed by atoms with Gasteiger partial charge in [0.15, 0.2) is 11.5 Å². The van der Waals surface area contributed by atoms with E-state index < -0.39 is 6.23 Å². The third-order valence-electron chi connectivity index (χ3n) is 1.34. The van der Waals surface area contributed by atoms with Crippen molar-refractivity contribution in [2.24, 2.45) is 5.73 Å². The van der Waals surface area contributed by atoms with Crippen LogP contribution in [0.2, 0.25) is 0 Å². The van der Waals surface area contributed by atoms with Crippen molar-refractivity contribution in [1.29, 1.82) is 0 Å². The predicted octanol–water partition coefficient (Wildman–Crippen LogP) is 0.0474. The van der Waals surface area contributed by atoms with E-state index in [0.29, 0.717) is 5.56 Å². The molecule has 0 spiro atoms. The van der Waals surface area contributed by atoms with Crippen LogP contribution in [0.25, 0.3) is 0 Å². The minimum absolute atomic E-state index is 0.227. The number of aliphatic hydroxyl groups excluding tert-OH is 1.